The number of aromatic nitrogens is 1. The molecule has 0 aliphatic carbocycles. The summed E-state index contributed by atoms with van der Waals surface area (Å²) in [6.45, 7) is 1.79. The van der Waals surface area contributed by atoms with Gasteiger partial charge in [0.2, 0.25) is 5.89 Å². The maximum atomic E-state index is 14.1. The lowest BCUT2D eigenvalue weighted by molar-refractivity contribution is 0.0991. The van der Waals surface area contributed by atoms with E-state index in [1.54, 1.807) is 0 Å². The molecule has 3 rings (SSSR count). The van der Waals surface area contributed by atoms with E-state index >= 15 is 0 Å². The molecule has 0 saturated carbocycles. The van der Waals surface area contributed by atoms with E-state index in [9.17, 15) is 13.6 Å². The molecule has 0 fully saturated rings. The van der Waals surface area contributed by atoms with Crippen LogP contribution in [0.3, 0.4) is 0 Å². The number of oxazole rings is 1. The highest BCUT2D eigenvalue weighted by Gasteiger charge is 2.19. The lowest BCUT2D eigenvalue weighted by Crippen LogP contribution is -2.16. The number of hydrogen-bond donors (Lipinski definition) is 1. The van der Waals surface area contributed by atoms with Gasteiger partial charge < -0.3 is 14.9 Å². The van der Waals surface area contributed by atoms with Gasteiger partial charge in [0, 0.05) is 5.56 Å². The highest BCUT2D eigenvalue weighted by Crippen LogP contribution is 2.24. The third-order valence-corrected chi connectivity index (χ3v) is 3.55. The van der Waals surface area contributed by atoms with Gasteiger partial charge in [0.25, 0.3) is 5.91 Å². The van der Waals surface area contributed by atoms with Crippen LogP contribution in [0.2, 0.25) is 0 Å². The number of amides is 1. The summed E-state index contributed by atoms with van der Waals surface area (Å²) in [5.41, 5.74) is 6.71. The van der Waals surface area contributed by atoms with Crippen LogP contribution in [-0.4, -0.2) is 10.9 Å². The molecule has 7 heteroatoms. The molecule has 0 radical (unpaired) electrons. The Labute approximate surface area is 142 Å². The average molecular weight is 344 g/mol. The number of ether oxygens (including phenoxy) is 1. The number of carbonyl (C=O) groups excluding carboxylic acids is 1. The summed E-state index contributed by atoms with van der Waals surface area (Å²) < 4.78 is 38.0. The maximum Gasteiger partial charge on any atom is 0.254 e. The van der Waals surface area contributed by atoms with Gasteiger partial charge in [-0.3, -0.25) is 4.79 Å². The third-order valence-electron chi connectivity index (χ3n) is 3.55. The van der Waals surface area contributed by atoms with E-state index in [0.717, 1.165) is 23.3 Å². The fourth-order valence-electron chi connectivity index (χ4n) is 2.24. The minimum absolute atomic E-state index is 0.188. The first kappa shape index (κ1) is 16.6. The van der Waals surface area contributed by atoms with E-state index in [0.29, 0.717) is 5.69 Å². The first-order valence-corrected chi connectivity index (χ1v) is 7.37. The van der Waals surface area contributed by atoms with E-state index < -0.39 is 23.1 Å². The Morgan fingerprint density at radius 1 is 1.20 bits per heavy atom. The Balaban J connectivity index is 1.76. The van der Waals surface area contributed by atoms with Crippen LogP contribution in [0.1, 0.15) is 21.8 Å². The molecular weight excluding hydrogens is 330 g/mol. The summed E-state index contributed by atoms with van der Waals surface area (Å²) in [4.78, 5) is 15.4. The first-order chi connectivity index (χ1) is 12.0. The van der Waals surface area contributed by atoms with Gasteiger partial charge in [-0.1, -0.05) is 29.8 Å². The highest BCUT2D eigenvalue weighted by atomic mass is 19.1. The Morgan fingerprint density at radius 2 is 1.92 bits per heavy atom. The van der Waals surface area contributed by atoms with Crippen molar-refractivity contribution in [3.05, 3.63) is 71.3 Å². The Kier molecular flexibility index (Phi) is 4.47. The van der Waals surface area contributed by atoms with Crippen molar-refractivity contribution in [2.75, 3.05) is 0 Å². The smallest absolute Gasteiger partial charge is 0.254 e. The summed E-state index contributed by atoms with van der Waals surface area (Å²) in [6.07, 6.45) is 1.46. The second kappa shape index (κ2) is 6.72. The van der Waals surface area contributed by atoms with Crippen LogP contribution in [-0.2, 0) is 6.61 Å². The van der Waals surface area contributed by atoms with Crippen LogP contribution in [0.15, 0.2) is 47.1 Å². The molecular formula is C18H14F2N2O3. The fourth-order valence-corrected chi connectivity index (χ4v) is 2.24. The quantitative estimate of drug-likeness (QED) is 0.767. The van der Waals surface area contributed by atoms with Crippen molar-refractivity contribution in [2.24, 2.45) is 5.73 Å². The second-order valence-corrected chi connectivity index (χ2v) is 5.38. The molecule has 0 saturated heterocycles. The number of hydrogen-bond acceptors (Lipinski definition) is 4. The van der Waals surface area contributed by atoms with Crippen LogP contribution in [0.5, 0.6) is 5.75 Å². The van der Waals surface area contributed by atoms with Crippen molar-refractivity contribution in [1.29, 1.82) is 0 Å². The third kappa shape index (κ3) is 3.50. The normalized spacial score (nSPS) is 10.7. The molecule has 0 bridgehead atoms. The number of carbonyl (C=O) groups is 1. The molecule has 2 aromatic carbocycles. The van der Waals surface area contributed by atoms with Gasteiger partial charge in [-0.05, 0) is 19.1 Å². The second-order valence-electron chi connectivity index (χ2n) is 5.38. The highest BCUT2D eigenvalue weighted by molar-refractivity contribution is 5.93. The van der Waals surface area contributed by atoms with E-state index in [1.807, 2.05) is 31.2 Å². The van der Waals surface area contributed by atoms with Gasteiger partial charge >= 0.3 is 0 Å². The topological polar surface area (TPSA) is 78.4 Å². The Hall–Kier alpha value is -3.22. The van der Waals surface area contributed by atoms with Crippen molar-refractivity contribution in [1.82, 2.24) is 4.98 Å². The van der Waals surface area contributed by atoms with E-state index in [1.165, 1.54) is 6.26 Å². The molecule has 1 amide bonds. The minimum Gasteiger partial charge on any atom is -0.481 e. The fraction of sp³-hybridized carbons (Fsp3) is 0.111. The largest absolute Gasteiger partial charge is 0.481 e. The molecule has 5 nitrogen and oxygen atoms in total. The molecule has 0 atom stereocenters. The van der Waals surface area contributed by atoms with Crippen molar-refractivity contribution >= 4 is 5.91 Å². The minimum atomic E-state index is -1.21. The monoisotopic (exact) mass is 344 g/mol. The molecule has 128 valence electrons. The zero-order chi connectivity index (χ0) is 18.0. The van der Waals surface area contributed by atoms with Crippen LogP contribution in [0.4, 0.5) is 8.78 Å². The number of halogens is 2. The molecule has 25 heavy (non-hydrogen) atoms. The van der Waals surface area contributed by atoms with Gasteiger partial charge in [0.1, 0.15) is 23.3 Å². The van der Waals surface area contributed by atoms with Gasteiger partial charge in [0.05, 0.1) is 0 Å². The van der Waals surface area contributed by atoms with Crippen LogP contribution in [0.25, 0.3) is 11.3 Å². The summed E-state index contributed by atoms with van der Waals surface area (Å²) in [5, 5.41) is 0. The van der Waals surface area contributed by atoms with Crippen molar-refractivity contribution in [3.8, 4) is 17.0 Å². The summed E-state index contributed by atoms with van der Waals surface area (Å²) in [5.74, 6) is -3.52. The SMILES string of the molecule is Cc1ccc(-c2coc(COc3ccc(F)c(C(N)=O)c3F)n2)cc1. The molecule has 0 aliphatic heterocycles. The molecule has 0 spiro atoms. The predicted molar refractivity (Wildman–Crippen MR) is 85.9 cm³/mol. The summed E-state index contributed by atoms with van der Waals surface area (Å²) in [6, 6.07) is 9.67. The zero-order valence-corrected chi connectivity index (χ0v) is 13.3. The summed E-state index contributed by atoms with van der Waals surface area (Å²) in [7, 11) is 0. The van der Waals surface area contributed by atoms with Crippen LogP contribution >= 0.6 is 0 Å². The van der Waals surface area contributed by atoms with Crippen LogP contribution < -0.4 is 10.5 Å². The van der Waals surface area contributed by atoms with Crippen molar-refractivity contribution in [2.45, 2.75) is 13.5 Å². The van der Waals surface area contributed by atoms with E-state index in [4.69, 9.17) is 14.9 Å². The van der Waals surface area contributed by atoms with Crippen molar-refractivity contribution in [3.63, 3.8) is 0 Å². The lowest BCUT2D eigenvalue weighted by Gasteiger charge is -2.08. The molecule has 0 aliphatic rings. The lowest BCUT2D eigenvalue weighted by atomic mass is 10.1. The number of nitrogens with zero attached hydrogens (tertiary/aromatic N) is 1. The number of nitrogens with two attached hydrogens (primary N) is 1. The molecule has 2 N–H and O–H groups in total. The molecule has 1 heterocycles. The Bertz CT molecular complexity index is 921. The molecule has 0 unspecified atom stereocenters. The van der Waals surface area contributed by atoms with Gasteiger partial charge in [0.15, 0.2) is 18.2 Å². The summed E-state index contributed by atoms with van der Waals surface area (Å²) >= 11 is 0. The van der Waals surface area contributed by atoms with E-state index in [-0.39, 0.29) is 18.2 Å². The Morgan fingerprint density at radius 3 is 2.60 bits per heavy atom. The predicted octanol–water partition coefficient (Wildman–Crippen LogP) is 3.61. The first-order valence-electron chi connectivity index (χ1n) is 7.37. The molecule has 1 aromatic heterocycles. The van der Waals surface area contributed by atoms with Crippen LogP contribution in [0, 0.1) is 18.6 Å². The maximum absolute atomic E-state index is 14.1. The van der Waals surface area contributed by atoms with Gasteiger partial charge in [-0.15, -0.1) is 0 Å². The average Bonchev–Trinajstić information content (AvgIpc) is 3.03. The number of primary amides is 1. The van der Waals surface area contributed by atoms with Crippen molar-refractivity contribution < 1.29 is 22.7 Å². The standard InChI is InChI=1S/C18H14F2N2O3/c1-10-2-4-11(5-3-10)13-8-25-15(22-13)9-24-14-7-6-12(19)16(17(14)20)18(21)23/h2-8H,9H2,1H3,(H2,21,23). The van der Waals surface area contributed by atoms with Gasteiger partial charge in [-0.2, -0.15) is 0 Å². The number of rotatable bonds is 5. The van der Waals surface area contributed by atoms with Gasteiger partial charge in [-0.25, -0.2) is 13.8 Å². The number of aryl methyl sites for hydroxylation is 1. The molecule has 3 aromatic rings. The number of benzene rings is 2. The zero-order valence-electron chi connectivity index (χ0n) is 13.3. The van der Waals surface area contributed by atoms with E-state index in [2.05, 4.69) is 4.98 Å².